The minimum absolute atomic E-state index is 0.0162. The molecule has 3 amide bonds. The van der Waals surface area contributed by atoms with Gasteiger partial charge in [0.05, 0.1) is 6.04 Å². The third-order valence-electron chi connectivity index (χ3n) is 5.51. The predicted octanol–water partition coefficient (Wildman–Crippen LogP) is 5.56. The van der Waals surface area contributed by atoms with E-state index < -0.39 is 24.3 Å². The van der Waals surface area contributed by atoms with Crippen LogP contribution in [0.2, 0.25) is 0 Å². The Labute approximate surface area is 222 Å². The first-order valence-electron chi connectivity index (χ1n) is 12.5. The van der Waals surface area contributed by atoms with Gasteiger partial charge >= 0.3 is 18.3 Å². The smallest absolute Gasteiger partial charge is 0.429 e. The van der Waals surface area contributed by atoms with Gasteiger partial charge in [0, 0.05) is 6.54 Å². The van der Waals surface area contributed by atoms with E-state index in [0.717, 1.165) is 21.7 Å². The Morgan fingerprint density at radius 1 is 0.684 bits per heavy atom. The second-order valence-corrected chi connectivity index (χ2v) is 8.47. The van der Waals surface area contributed by atoms with E-state index in [1.54, 1.807) is 0 Å². The van der Waals surface area contributed by atoms with Crippen molar-refractivity contribution in [3.63, 3.8) is 0 Å². The first-order chi connectivity index (χ1) is 18.5. The van der Waals surface area contributed by atoms with Crippen molar-refractivity contribution in [2.75, 3.05) is 6.54 Å². The zero-order chi connectivity index (χ0) is 27.0. The van der Waals surface area contributed by atoms with Crippen molar-refractivity contribution < 1.29 is 28.6 Å². The summed E-state index contributed by atoms with van der Waals surface area (Å²) in [7, 11) is 0. The molecule has 9 nitrogen and oxygen atoms in total. The quantitative estimate of drug-likeness (QED) is 0.254. The van der Waals surface area contributed by atoms with E-state index in [0.29, 0.717) is 12.8 Å². The van der Waals surface area contributed by atoms with E-state index in [4.69, 9.17) is 14.2 Å². The number of carbonyl (C=O) groups excluding carboxylic acids is 3. The van der Waals surface area contributed by atoms with Crippen LogP contribution in [0, 0.1) is 0 Å². The number of hydrogen-bond donors (Lipinski definition) is 2. The monoisotopic (exact) mass is 519 g/mol. The molecule has 2 N–H and O–H groups in total. The number of carbonyl (C=O) groups is 3. The number of rotatable bonds is 11. The molecular weight excluding hydrogens is 486 g/mol. The molecular formula is C29H33N3O6. The van der Waals surface area contributed by atoms with E-state index in [1.165, 1.54) is 0 Å². The van der Waals surface area contributed by atoms with Crippen LogP contribution in [0.4, 0.5) is 14.4 Å². The lowest BCUT2D eigenvalue weighted by Crippen LogP contribution is -2.55. The highest BCUT2D eigenvalue weighted by Gasteiger charge is 2.28. The SMILES string of the molecule is CCC[C@H](CNC(=O)OCc1ccccc1)N(NC(=O)OCc1ccccc1)C(=O)OCc1ccccc1. The Morgan fingerprint density at radius 3 is 1.61 bits per heavy atom. The fourth-order valence-corrected chi connectivity index (χ4v) is 3.56. The molecule has 0 spiro atoms. The van der Waals surface area contributed by atoms with Crippen LogP contribution in [0.25, 0.3) is 0 Å². The maximum atomic E-state index is 13.1. The van der Waals surface area contributed by atoms with Crippen molar-refractivity contribution in [1.82, 2.24) is 15.8 Å². The Kier molecular flexibility index (Phi) is 11.5. The summed E-state index contributed by atoms with van der Waals surface area (Å²) in [5, 5.41) is 3.74. The fourth-order valence-electron chi connectivity index (χ4n) is 3.56. The summed E-state index contributed by atoms with van der Waals surface area (Å²) in [6.45, 7) is 2.12. The highest BCUT2D eigenvalue weighted by molar-refractivity contribution is 5.74. The number of nitrogens with one attached hydrogen (secondary N) is 2. The molecule has 0 saturated carbocycles. The third kappa shape index (κ3) is 9.85. The zero-order valence-corrected chi connectivity index (χ0v) is 21.4. The molecule has 0 saturated heterocycles. The van der Waals surface area contributed by atoms with E-state index in [2.05, 4.69) is 10.7 Å². The standard InChI is InChI=1S/C29H33N3O6/c1-2-12-26(19-30-27(33)36-20-23-13-6-3-7-14-23)32(29(35)38-22-25-17-10-5-11-18-25)31-28(34)37-21-24-15-8-4-9-16-24/h3-11,13-18,26H,2,12,19-22H2,1H3,(H,30,33)(H,31,34)/t26-/m1/s1. The van der Waals surface area contributed by atoms with Gasteiger partial charge in [0.25, 0.3) is 0 Å². The van der Waals surface area contributed by atoms with Gasteiger partial charge in [-0.15, -0.1) is 0 Å². The number of benzene rings is 3. The van der Waals surface area contributed by atoms with Crippen LogP contribution in [0.1, 0.15) is 36.5 Å². The van der Waals surface area contributed by atoms with Gasteiger partial charge in [-0.2, -0.15) is 0 Å². The minimum atomic E-state index is -0.821. The molecule has 0 radical (unpaired) electrons. The summed E-state index contributed by atoms with van der Waals surface area (Å²) in [6.07, 6.45) is -1.09. The topological polar surface area (TPSA) is 106 Å². The molecule has 0 aromatic heterocycles. The molecule has 200 valence electrons. The maximum absolute atomic E-state index is 13.1. The van der Waals surface area contributed by atoms with Gasteiger partial charge < -0.3 is 19.5 Å². The number of hydrogen-bond acceptors (Lipinski definition) is 6. The van der Waals surface area contributed by atoms with Crippen molar-refractivity contribution in [3.05, 3.63) is 108 Å². The Balaban J connectivity index is 1.62. The molecule has 0 heterocycles. The normalized spacial score (nSPS) is 11.1. The first-order valence-corrected chi connectivity index (χ1v) is 12.5. The van der Waals surface area contributed by atoms with Gasteiger partial charge in [0.1, 0.15) is 19.8 Å². The van der Waals surface area contributed by atoms with Gasteiger partial charge in [-0.1, -0.05) is 104 Å². The summed E-state index contributed by atoms with van der Waals surface area (Å²) < 4.78 is 16.0. The number of nitrogens with zero attached hydrogens (tertiary/aromatic N) is 1. The van der Waals surface area contributed by atoms with Crippen LogP contribution in [-0.4, -0.2) is 35.9 Å². The number of hydrazine groups is 1. The van der Waals surface area contributed by atoms with E-state index in [9.17, 15) is 14.4 Å². The predicted molar refractivity (Wildman–Crippen MR) is 142 cm³/mol. The van der Waals surface area contributed by atoms with Crippen molar-refractivity contribution in [1.29, 1.82) is 0 Å². The summed E-state index contributed by atoms with van der Waals surface area (Å²) in [4.78, 5) is 38.0. The van der Waals surface area contributed by atoms with Gasteiger partial charge in [0.2, 0.25) is 0 Å². The van der Waals surface area contributed by atoms with Crippen LogP contribution >= 0.6 is 0 Å². The highest BCUT2D eigenvalue weighted by atomic mass is 16.6. The van der Waals surface area contributed by atoms with Crippen LogP contribution in [0.15, 0.2) is 91.0 Å². The summed E-state index contributed by atoms with van der Waals surface area (Å²) in [6, 6.07) is 27.1. The van der Waals surface area contributed by atoms with Gasteiger partial charge in [-0.25, -0.2) is 24.8 Å². The van der Waals surface area contributed by atoms with Crippen molar-refractivity contribution in [2.45, 2.75) is 45.6 Å². The highest BCUT2D eigenvalue weighted by Crippen LogP contribution is 2.10. The Morgan fingerprint density at radius 2 is 1.13 bits per heavy atom. The minimum Gasteiger partial charge on any atom is -0.445 e. The maximum Gasteiger partial charge on any atom is 0.429 e. The Bertz CT molecular complexity index is 1130. The average molecular weight is 520 g/mol. The molecule has 0 aliphatic heterocycles. The largest absolute Gasteiger partial charge is 0.445 e. The van der Waals surface area contributed by atoms with E-state index in [-0.39, 0.29) is 26.4 Å². The van der Waals surface area contributed by atoms with Gasteiger partial charge in [-0.3, -0.25) is 0 Å². The lowest BCUT2D eigenvalue weighted by Gasteiger charge is -2.30. The lowest BCUT2D eigenvalue weighted by atomic mass is 10.1. The fraction of sp³-hybridized carbons (Fsp3) is 0.276. The molecule has 0 fully saturated rings. The van der Waals surface area contributed by atoms with Crippen LogP contribution in [0.3, 0.4) is 0 Å². The summed E-state index contributed by atoms with van der Waals surface area (Å²) >= 11 is 0. The first kappa shape index (κ1) is 28.0. The summed E-state index contributed by atoms with van der Waals surface area (Å²) in [5.41, 5.74) is 4.94. The number of ether oxygens (including phenoxy) is 3. The van der Waals surface area contributed by atoms with E-state index in [1.807, 2.05) is 97.9 Å². The van der Waals surface area contributed by atoms with Crippen molar-refractivity contribution in [2.24, 2.45) is 0 Å². The molecule has 38 heavy (non-hydrogen) atoms. The molecule has 0 aliphatic carbocycles. The van der Waals surface area contributed by atoms with Gasteiger partial charge in [-0.05, 0) is 23.1 Å². The van der Waals surface area contributed by atoms with Crippen molar-refractivity contribution >= 4 is 18.3 Å². The van der Waals surface area contributed by atoms with Crippen LogP contribution in [0.5, 0.6) is 0 Å². The molecule has 9 heteroatoms. The zero-order valence-electron chi connectivity index (χ0n) is 21.4. The molecule has 0 bridgehead atoms. The van der Waals surface area contributed by atoms with Crippen molar-refractivity contribution in [3.8, 4) is 0 Å². The van der Waals surface area contributed by atoms with Crippen LogP contribution < -0.4 is 10.7 Å². The molecule has 1 atom stereocenters. The molecule has 3 aromatic carbocycles. The lowest BCUT2D eigenvalue weighted by molar-refractivity contribution is 0.0436. The van der Waals surface area contributed by atoms with Gasteiger partial charge in [0.15, 0.2) is 0 Å². The van der Waals surface area contributed by atoms with Crippen LogP contribution in [-0.2, 0) is 34.0 Å². The molecule has 3 rings (SSSR count). The summed E-state index contributed by atoms with van der Waals surface area (Å²) in [5.74, 6) is 0. The third-order valence-corrected chi connectivity index (χ3v) is 5.51. The molecule has 0 unspecified atom stereocenters. The molecule has 3 aromatic rings. The average Bonchev–Trinajstić information content (AvgIpc) is 2.96. The number of alkyl carbamates (subject to hydrolysis) is 1. The Hall–Kier alpha value is -4.53. The second-order valence-electron chi connectivity index (χ2n) is 8.47. The number of amides is 3. The molecule has 0 aliphatic rings. The van der Waals surface area contributed by atoms with E-state index >= 15 is 0 Å². The second kappa shape index (κ2) is 15.6.